The molecule has 1 fully saturated rings. The molecule has 6 heteroatoms. The maximum atomic E-state index is 12.9. The minimum atomic E-state index is -0.546. The first-order chi connectivity index (χ1) is 11.9. The van der Waals surface area contributed by atoms with Crippen LogP contribution in [0.2, 0.25) is 0 Å². The molecule has 0 aliphatic carbocycles. The fourth-order valence-electron chi connectivity index (χ4n) is 3.27. The van der Waals surface area contributed by atoms with Crippen molar-refractivity contribution in [3.63, 3.8) is 0 Å². The maximum Gasteiger partial charge on any atom is 0.268 e. The van der Waals surface area contributed by atoms with Gasteiger partial charge in [-0.05, 0) is 37.6 Å². The van der Waals surface area contributed by atoms with Crippen LogP contribution in [0, 0.1) is 12.8 Å². The van der Waals surface area contributed by atoms with Crippen molar-refractivity contribution in [2.45, 2.75) is 26.9 Å². The van der Waals surface area contributed by atoms with Crippen molar-refractivity contribution in [1.29, 1.82) is 0 Å². The van der Waals surface area contributed by atoms with Gasteiger partial charge in [-0.1, -0.05) is 19.9 Å². The second-order valence-electron chi connectivity index (χ2n) is 7.36. The summed E-state index contributed by atoms with van der Waals surface area (Å²) < 4.78 is 5.91. The number of fused-ring (bicyclic) bond motifs is 1. The summed E-state index contributed by atoms with van der Waals surface area (Å²) in [4.78, 5) is 31.4. The summed E-state index contributed by atoms with van der Waals surface area (Å²) in [5, 5.41) is 0. The van der Waals surface area contributed by atoms with Gasteiger partial charge < -0.3 is 14.5 Å². The Hall–Kier alpha value is -2.08. The highest BCUT2D eigenvalue weighted by Gasteiger charge is 2.38. The van der Waals surface area contributed by atoms with Gasteiger partial charge >= 0.3 is 0 Å². The fraction of sp³-hybridized carbons (Fsp3) is 0.579. The summed E-state index contributed by atoms with van der Waals surface area (Å²) in [5.41, 5.74) is 1.74. The number of hydrogen-bond donors (Lipinski definition) is 0. The Bertz CT molecular complexity index is 666. The number of likely N-dealkylation sites (N-methyl/N-ethyl adjacent to an activating group) is 1. The highest BCUT2D eigenvalue weighted by atomic mass is 16.5. The van der Waals surface area contributed by atoms with Gasteiger partial charge in [-0.3, -0.25) is 14.5 Å². The van der Waals surface area contributed by atoms with Crippen molar-refractivity contribution in [3.05, 3.63) is 23.8 Å². The Morgan fingerprint density at radius 2 is 1.92 bits per heavy atom. The predicted octanol–water partition coefficient (Wildman–Crippen LogP) is 1.52. The van der Waals surface area contributed by atoms with Crippen LogP contribution in [0.25, 0.3) is 0 Å². The predicted molar refractivity (Wildman–Crippen MR) is 96.9 cm³/mol. The third kappa shape index (κ3) is 3.63. The molecular weight excluding hydrogens is 318 g/mol. The number of carbonyl (C=O) groups excluding carboxylic acids is 2. The summed E-state index contributed by atoms with van der Waals surface area (Å²) >= 11 is 0. The van der Waals surface area contributed by atoms with Crippen LogP contribution in [0.5, 0.6) is 5.75 Å². The third-order valence-electron chi connectivity index (χ3n) is 4.92. The summed E-state index contributed by atoms with van der Waals surface area (Å²) in [7, 11) is 2.06. The van der Waals surface area contributed by atoms with Crippen LogP contribution in [0.1, 0.15) is 19.4 Å². The number of benzene rings is 1. The molecule has 0 saturated carbocycles. The normalized spacial score (nSPS) is 21.3. The molecule has 3 rings (SSSR count). The van der Waals surface area contributed by atoms with Crippen molar-refractivity contribution in [1.82, 2.24) is 9.80 Å². The summed E-state index contributed by atoms with van der Waals surface area (Å²) in [5.74, 6) is 0.590. The van der Waals surface area contributed by atoms with Gasteiger partial charge in [0, 0.05) is 26.2 Å². The molecule has 2 aliphatic heterocycles. The van der Waals surface area contributed by atoms with E-state index >= 15 is 0 Å². The van der Waals surface area contributed by atoms with E-state index in [1.54, 1.807) is 4.90 Å². The van der Waals surface area contributed by atoms with Gasteiger partial charge in [0.25, 0.3) is 5.91 Å². The van der Waals surface area contributed by atoms with E-state index in [4.69, 9.17) is 4.74 Å². The van der Waals surface area contributed by atoms with E-state index in [0.717, 1.165) is 18.7 Å². The van der Waals surface area contributed by atoms with Crippen molar-refractivity contribution in [3.8, 4) is 5.75 Å². The Kier molecular flexibility index (Phi) is 4.99. The number of ether oxygens (including phenoxy) is 1. The number of piperazine rings is 1. The fourth-order valence-corrected chi connectivity index (χ4v) is 3.27. The Balaban J connectivity index is 1.84. The number of anilines is 1. The second-order valence-corrected chi connectivity index (χ2v) is 7.36. The van der Waals surface area contributed by atoms with Crippen LogP contribution in [0.4, 0.5) is 5.69 Å². The summed E-state index contributed by atoms with van der Waals surface area (Å²) in [6.45, 7) is 9.13. The second kappa shape index (κ2) is 7.04. The molecule has 1 aromatic rings. The van der Waals surface area contributed by atoms with E-state index in [1.165, 1.54) is 0 Å². The van der Waals surface area contributed by atoms with Crippen LogP contribution in [0.15, 0.2) is 18.2 Å². The van der Waals surface area contributed by atoms with Crippen LogP contribution in [-0.2, 0) is 9.59 Å². The van der Waals surface area contributed by atoms with Gasteiger partial charge in [-0.15, -0.1) is 0 Å². The molecule has 0 N–H and O–H groups in total. The Labute approximate surface area is 149 Å². The first-order valence-corrected chi connectivity index (χ1v) is 8.92. The molecule has 136 valence electrons. The number of nitrogens with zero attached hydrogens (tertiary/aromatic N) is 3. The highest BCUT2D eigenvalue weighted by Crippen LogP contribution is 2.36. The smallest absolute Gasteiger partial charge is 0.268 e. The lowest BCUT2D eigenvalue weighted by Gasteiger charge is -2.38. The van der Waals surface area contributed by atoms with E-state index in [0.29, 0.717) is 24.5 Å². The Morgan fingerprint density at radius 3 is 2.56 bits per heavy atom. The first-order valence-electron chi connectivity index (χ1n) is 8.92. The van der Waals surface area contributed by atoms with Gasteiger partial charge in [-0.2, -0.15) is 0 Å². The topological polar surface area (TPSA) is 53.1 Å². The number of aryl methyl sites for hydroxylation is 1. The van der Waals surface area contributed by atoms with E-state index in [1.807, 2.05) is 43.9 Å². The lowest BCUT2D eigenvalue weighted by Crippen LogP contribution is -2.54. The number of amides is 2. The largest absolute Gasteiger partial charge is 0.478 e. The molecule has 0 radical (unpaired) electrons. The quantitative estimate of drug-likeness (QED) is 0.833. The monoisotopic (exact) mass is 345 g/mol. The third-order valence-corrected chi connectivity index (χ3v) is 4.92. The van der Waals surface area contributed by atoms with Crippen molar-refractivity contribution < 1.29 is 14.3 Å². The average Bonchev–Trinajstić information content (AvgIpc) is 2.57. The van der Waals surface area contributed by atoms with Crippen LogP contribution < -0.4 is 9.64 Å². The lowest BCUT2D eigenvalue weighted by atomic mass is 10.0. The molecule has 0 unspecified atom stereocenters. The van der Waals surface area contributed by atoms with Crippen molar-refractivity contribution >= 4 is 17.5 Å². The first kappa shape index (κ1) is 17.7. The van der Waals surface area contributed by atoms with E-state index < -0.39 is 6.10 Å². The zero-order valence-electron chi connectivity index (χ0n) is 15.5. The van der Waals surface area contributed by atoms with Crippen LogP contribution >= 0.6 is 0 Å². The SMILES string of the molecule is Cc1ccc2c(c1)N(CC(=O)N1CCN(C)CC1)C(=O)[C@@H](C(C)C)O2. The molecule has 25 heavy (non-hydrogen) atoms. The molecule has 2 amide bonds. The maximum absolute atomic E-state index is 12.9. The zero-order chi connectivity index (χ0) is 18.1. The van der Waals surface area contributed by atoms with E-state index in [-0.39, 0.29) is 24.3 Å². The average molecular weight is 345 g/mol. The molecule has 1 saturated heterocycles. The molecule has 6 nitrogen and oxygen atoms in total. The van der Waals surface area contributed by atoms with E-state index in [2.05, 4.69) is 11.9 Å². The van der Waals surface area contributed by atoms with Gasteiger partial charge in [-0.25, -0.2) is 0 Å². The molecular formula is C19H27N3O3. The molecule has 2 heterocycles. The summed E-state index contributed by atoms with van der Waals surface area (Å²) in [6, 6.07) is 5.77. The number of rotatable bonds is 3. The molecule has 0 aromatic heterocycles. The van der Waals surface area contributed by atoms with Gasteiger partial charge in [0.15, 0.2) is 6.10 Å². The molecule has 0 bridgehead atoms. The molecule has 1 atom stereocenters. The molecule has 0 spiro atoms. The minimum Gasteiger partial charge on any atom is -0.478 e. The summed E-state index contributed by atoms with van der Waals surface area (Å²) in [6.07, 6.45) is -0.546. The lowest BCUT2D eigenvalue weighted by molar-refractivity contribution is -0.135. The minimum absolute atomic E-state index is 0.00156. The van der Waals surface area contributed by atoms with Crippen LogP contribution in [-0.4, -0.2) is 67.5 Å². The highest BCUT2D eigenvalue weighted by molar-refractivity contribution is 6.04. The molecule has 2 aliphatic rings. The zero-order valence-corrected chi connectivity index (χ0v) is 15.5. The van der Waals surface area contributed by atoms with E-state index in [9.17, 15) is 9.59 Å². The number of hydrogen-bond acceptors (Lipinski definition) is 4. The van der Waals surface area contributed by atoms with Gasteiger partial charge in [0.2, 0.25) is 5.91 Å². The number of carbonyl (C=O) groups is 2. The van der Waals surface area contributed by atoms with Crippen molar-refractivity contribution in [2.75, 3.05) is 44.7 Å². The Morgan fingerprint density at radius 1 is 1.24 bits per heavy atom. The molecule has 1 aromatic carbocycles. The van der Waals surface area contributed by atoms with Gasteiger partial charge in [0.1, 0.15) is 12.3 Å². The van der Waals surface area contributed by atoms with Gasteiger partial charge in [0.05, 0.1) is 5.69 Å². The standard InChI is InChI=1S/C19H27N3O3/c1-13(2)18-19(24)22(15-11-14(3)5-6-16(15)25-18)12-17(23)21-9-7-20(4)8-10-21/h5-6,11,13,18H,7-10,12H2,1-4H3/t18-/m1/s1. The van der Waals surface area contributed by atoms with Crippen molar-refractivity contribution in [2.24, 2.45) is 5.92 Å². The van der Waals surface area contributed by atoms with Crippen LogP contribution in [0.3, 0.4) is 0 Å².